The molecule has 7 rings (SSSR count). The van der Waals surface area contributed by atoms with Gasteiger partial charge < -0.3 is 31.1 Å². The fourth-order valence-corrected chi connectivity index (χ4v) is 8.99. The summed E-state index contributed by atoms with van der Waals surface area (Å²) in [4.78, 5) is 39.9. The number of hydrogen-bond donors (Lipinski definition) is 5. The minimum atomic E-state index is -0.772. The van der Waals surface area contributed by atoms with Gasteiger partial charge in [0.05, 0.1) is 12.6 Å². The van der Waals surface area contributed by atoms with Crippen molar-refractivity contribution in [2.75, 3.05) is 69.1 Å². The Kier molecular flexibility index (Phi) is 13.6. The van der Waals surface area contributed by atoms with Gasteiger partial charge in [0.25, 0.3) is 0 Å². The lowest BCUT2D eigenvalue weighted by Crippen LogP contribution is -2.59. The van der Waals surface area contributed by atoms with E-state index in [1.165, 1.54) is 16.8 Å². The van der Waals surface area contributed by atoms with Crippen molar-refractivity contribution in [2.45, 2.75) is 101 Å². The maximum atomic E-state index is 12.1. The smallest absolute Gasteiger partial charge is 0.325 e. The number of likely N-dealkylation sites (tertiary alicyclic amines) is 2. The highest BCUT2D eigenvalue weighted by atomic mass is 16.4. The number of carboxylic acid groups (broad SMARTS) is 2. The number of unbranched alkanes of at least 4 members (excludes halogenated alkanes) is 3. The van der Waals surface area contributed by atoms with Crippen LogP contribution in [0.5, 0.6) is 0 Å². The molecular weight excluding hydrogens is 693 g/mol. The van der Waals surface area contributed by atoms with E-state index in [0.29, 0.717) is 12.1 Å². The first-order valence-electron chi connectivity index (χ1n) is 20.8. The Bertz CT molecular complexity index is 1710. The minimum absolute atomic E-state index is 0.142. The molecule has 12 heteroatoms. The predicted molar refractivity (Wildman–Crippen MR) is 216 cm³/mol. The van der Waals surface area contributed by atoms with Crippen LogP contribution in [0.25, 0.3) is 0 Å². The maximum absolute atomic E-state index is 12.1. The quantitative estimate of drug-likeness (QED) is 0.104. The van der Waals surface area contributed by atoms with Gasteiger partial charge in [-0.15, -0.1) is 0 Å². The number of aromatic nitrogens is 2. The highest BCUT2D eigenvalue weighted by molar-refractivity contribution is 5.75. The molecule has 0 bridgehead atoms. The first-order chi connectivity index (χ1) is 26.9. The number of aryl methyl sites for hydroxylation is 3. The van der Waals surface area contributed by atoms with Crippen LogP contribution in [0.3, 0.4) is 0 Å². The van der Waals surface area contributed by atoms with Crippen molar-refractivity contribution in [1.29, 1.82) is 0 Å². The van der Waals surface area contributed by atoms with Crippen LogP contribution in [0.4, 0.5) is 11.6 Å². The largest absolute Gasteiger partial charge is 0.480 e. The number of carboxylic acids is 2. The van der Waals surface area contributed by atoms with E-state index >= 15 is 0 Å². The first-order valence-corrected chi connectivity index (χ1v) is 20.8. The third-order valence-corrected chi connectivity index (χ3v) is 12.0. The fourth-order valence-electron chi connectivity index (χ4n) is 8.99. The molecule has 6 heterocycles. The molecule has 0 amide bonds. The molecule has 0 saturated carbocycles. The molecule has 2 saturated heterocycles. The van der Waals surface area contributed by atoms with Gasteiger partial charge >= 0.3 is 11.9 Å². The Morgan fingerprint density at radius 2 is 1.51 bits per heavy atom. The molecule has 3 aromatic rings. The van der Waals surface area contributed by atoms with Gasteiger partial charge in [-0.1, -0.05) is 48.9 Å². The Hall–Kier alpha value is -4.10. The molecule has 2 atom stereocenters. The average Bonchev–Trinajstić information content (AvgIpc) is 3.18. The van der Waals surface area contributed by atoms with Crippen molar-refractivity contribution in [1.82, 2.24) is 30.4 Å². The third kappa shape index (κ3) is 10.4. The summed E-state index contributed by atoms with van der Waals surface area (Å²) < 4.78 is 0. The summed E-state index contributed by atoms with van der Waals surface area (Å²) in [7, 11) is 0. The van der Waals surface area contributed by atoms with Crippen molar-refractivity contribution in [3.05, 3.63) is 82.7 Å². The maximum Gasteiger partial charge on any atom is 0.325 e. The number of hydrogen-bond acceptors (Lipinski definition) is 10. The molecule has 12 nitrogen and oxygen atoms in total. The molecule has 296 valence electrons. The molecule has 2 fully saturated rings. The van der Waals surface area contributed by atoms with Crippen LogP contribution in [0, 0.1) is 0 Å². The number of nitrogens with zero attached hydrogens (tertiary/aromatic N) is 5. The van der Waals surface area contributed by atoms with Gasteiger partial charge in [0.2, 0.25) is 0 Å². The topological polar surface area (TPSA) is 146 Å². The second-order valence-corrected chi connectivity index (χ2v) is 16.0. The SMILES string of the molecule is O=C(O)CN1CC(NCCCCCc2ccc3c(n2)NCCC3N2CCCc3ccc(CCCCNC4CCN([C@@H](C(=O)O)c5ccccc5)CC4)nc32)C1. The molecule has 55 heavy (non-hydrogen) atoms. The Morgan fingerprint density at radius 1 is 0.800 bits per heavy atom. The second-order valence-electron chi connectivity index (χ2n) is 16.0. The summed E-state index contributed by atoms with van der Waals surface area (Å²) in [5.74, 6) is 0.673. The zero-order chi connectivity index (χ0) is 38.0. The average molecular weight is 753 g/mol. The van der Waals surface area contributed by atoms with Gasteiger partial charge in [-0.3, -0.25) is 19.4 Å². The molecule has 4 aliphatic heterocycles. The number of pyridine rings is 2. The second kappa shape index (κ2) is 19.2. The number of nitrogens with one attached hydrogen (secondary N) is 3. The van der Waals surface area contributed by atoms with Gasteiger partial charge in [-0.25, -0.2) is 9.97 Å². The zero-order valence-corrected chi connectivity index (χ0v) is 32.3. The van der Waals surface area contributed by atoms with E-state index in [1.54, 1.807) is 0 Å². The lowest BCUT2D eigenvalue weighted by molar-refractivity contribution is -0.144. The minimum Gasteiger partial charge on any atom is -0.480 e. The molecule has 1 unspecified atom stereocenters. The number of fused-ring (bicyclic) bond motifs is 2. The van der Waals surface area contributed by atoms with E-state index in [4.69, 9.17) is 15.1 Å². The Balaban J connectivity index is 0.839. The summed E-state index contributed by atoms with van der Waals surface area (Å²) in [5, 5.41) is 29.7. The van der Waals surface area contributed by atoms with Crippen LogP contribution in [-0.4, -0.2) is 113 Å². The predicted octanol–water partition coefficient (Wildman–Crippen LogP) is 5.06. The molecule has 0 aliphatic carbocycles. The van der Waals surface area contributed by atoms with Crippen molar-refractivity contribution >= 4 is 23.6 Å². The summed E-state index contributed by atoms with van der Waals surface area (Å²) in [6.07, 6.45) is 12.7. The van der Waals surface area contributed by atoms with Gasteiger partial charge in [0.1, 0.15) is 17.7 Å². The highest BCUT2D eigenvalue weighted by Crippen LogP contribution is 2.39. The number of anilines is 2. The van der Waals surface area contributed by atoms with E-state index in [0.717, 1.165) is 152 Å². The standard InChI is InChI=1S/C43H60N8O4/c52-39(53)30-49-28-36(29-49)45-22-7-2-5-13-34-17-18-37-38(19-24-46-41(37)47-34)51-25-9-12-32-15-16-35(48-42(32)51)14-6-8-23-44-33-20-26-50(27-21-33)40(43(54)55)31-10-3-1-4-11-31/h1,3-4,10-11,15-18,33,36,38,40,44-45H,2,5-9,12-14,19-30H2,(H,46,47)(H,52,53)(H,54,55)/t38?,40-/m1/s1. The Morgan fingerprint density at radius 3 is 2.27 bits per heavy atom. The first kappa shape index (κ1) is 39.1. The van der Waals surface area contributed by atoms with E-state index in [9.17, 15) is 14.7 Å². The zero-order valence-electron chi connectivity index (χ0n) is 32.3. The highest BCUT2D eigenvalue weighted by Gasteiger charge is 2.33. The molecule has 1 aromatic carbocycles. The molecular formula is C43H60N8O4. The lowest BCUT2D eigenvalue weighted by Gasteiger charge is -2.40. The fraction of sp³-hybridized carbons (Fsp3) is 0.581. The molecule has 0 radical (unpaired) electrons. The van der Waals surface area contributed by atoms with Crippen LogP contribution >= 0.6 is 0 Å². The van der Waals surface area contributed by atoms with Crippen LogP contribution < -0.4 is 20.9 Å². The van der Waals surface area contributed by atoms with Crippen molar-refractivity contribution in [2.24, 2.45) is 0 Å². The normalized spacial score (nSPS) is 19.9. The van der Waals surface area contributed by atoms with E-state index in [-0.39, 0.29) is 12.6 Å². The van der Waals surface area contributed by atoms with Crippen LogP contribution in [0.1, 0.15) is 97.9 Å². The van der Waals surface area contributed by atoms with Gasteiger partial charge in [0.15, 0.2) is 0 Å². The summed E-state index contributed by atoms with van der Waals surface area (Å²) >= 11 is 0. The lowest BCUT2D eigenvalue weighted by atomic mass is 9.95. The van der Waals surface area contributed by atoms with E-state index in [2.05, 4.69) is 50.0 Å². The van der Waals surface area contributed by atoms with Crippen LogP contribution in [-0.2, 0) is 28.9 Å². The molecule has 4 aliphatic rings. The monoisotopic (exact) mass is 752 g/mol. The third-order valence-electron chi connectivity index (χ3n) is 12.0. The number of carbonyl (C=O) groups is 2. The van der Waals surface area contributed by atoms with E-state index in [1.807, 2.05) is 35.2 Å². The summed E-state index contributed by atoms with van der Waals surface area (Å²) in [6, 6.07) is 19.2. The number of rotatable bonds is 19. The molecule has 2 aromatic heterocycles. The number of benzene rings is 1. The molecule has 5 N–H and O–H groups in total. The molecule has 0 spiro atoms. The van der Waals surface area contributed by atoms with Gasteiger partial charge in [-0.2, -0.15) is 0 Å². The summed E-state index contributed by atoms with van der Waals surface area (Å²) in [5.41, 5.74) is 5.82. The van der Waals surface area contributed by atoms with Gasteiger partial charge in [0, 0.05) is 68.3 Å². The summed E-state index contributed by atoms with van der Waals surface area (Å²) in [6.45, 7) is 7.26. The van der Waals surface area contributed by atoms with E-state index < -0.39 is 18.0 Å². The van der Waals surface area contributed by atoms with Crippen LogP contribution in [0.15, 0.2) is 54.6 Å². The van der Waals surface area contributed by atoms with Crippen molar-refractivity contribution < 1.29 is 19.8 Å². The number of aliphatic carboxylic acids is 2. The van der Waals surface area contributed by atoms with Crippen molar-refractivity contribution in [3.8, 4) is 0 Å². The Labute approximate surface area is 326 Å². The van der Waals surface area contributed by atoms with Gasteiger partial charge in [-0.05, 0) is 107 Å². The van der Waals surface area contributed by atoms with Crippen LogP contribution in [0.2, 0.25) is 0 Å². The number of piperidine rings is 1. The van der Waals surface area contributed by atoms with Crippen molar-refractivity contribution in [3.63, 3.8) is 0 Å².